The first kappa shape index (κ1) is 8.96. The van der Waals surface area contributed by atoms with Crippen LogP contribution in [0.25, 0.3) is 0 Å². The maximum atomic E-state index is 11.4. The van der Waals surface area contributed by atoms with Gasteiger partial charge in [0.25, 0.3) is 0 Å². The molecule has 0 radical (unpaired) electrons. The molecule has 0 aromatic heterocycles. The van der Waals surface area contributed by atoms with E-state index in [0.29, 0.717) is 5.92 Å². The molecule has 2 bridgehead atoms. The Morgan fingerprint density at radius 2 is 2.07 bits per heavy atom. The number of carbonyl (C=O) groups is 1. The summed E-state index contributed by atoms with van der Waals surface area (Å²) < 4.78 is 0. The number of primary amides is 1. The van der Waals surface area contributed by atoms with E-state index >= 15 is 0 Å². The van der Waals surface area contributed by atoms with E-state index in [1.807, 2.05) is 18.2 Å². The van der Waals surface area contributed by atoms with Gasteiger partial charge in [-0.15, -0.1) is 0 Å². The predicted octanol–water partition coefficient (Wildman–Crippen LogP) is 1.84. The molecule has 2 N–H and O–H groups in total. The summed E-state index contributed by atoms with van der Waals surface area (Å²) in [5, 5.41) is 0. The van der Waals surface area contributed by atoms with Crippen molar-refractivity contribution in [3.05, 3.63) is 35.9 Å². The Morgan fingerprint density at radius 1 is 1.33 bits per heavy atom. The van der Waals surface area contributed by atoms with Gasteiger partial charge in [0.05, 0.1) is 5.92 Å². The van der Waals surface area contributed by atoms with Crippen LogP contribution in [0.5, 0.6) is 0 Å². The molecule has 0 aliphatic heterocycles. The van der Waals surface area contributed by atoms with Crippen LogP contribution < -0.4 is 5.73 Å². The van der Waals surface area contributed by atoms with Gasteiger partial charge in [-0.25, -0.2) is 0 Å². The molecule has 3 fully saturated rings. The lowest BCUT2D eigenvalue weighted by Crippen LogP contribution is -2.50. The third-order valence-electron chi connectivity index (χ3n) is 4.31. The summed E-state index contributed by atoms with van der Waals surface area (Å²) in [4.78, 5) is 11.4. The molecule has 78 valence electrons. The minimum Gasteiger partial charge on any atom is -0.369 e. The van der Waals surface area contributed by atoms with Crippen molar-refractivity contribution in [1.82, 2.24) is 0 Å². The van der Waals surface area contributed by atoms with E-state index in [4.69, 9.17) is 5.73 Å². The smallest absolute Gasteiger partial charge is 0.221 e. The van der Waals surface area contributed by atoms with Crippen molar-refractivity contribution in [2.45, 2.75) is 24.7 Å². The molecular formula is C13H15NO. The molecule has 3 aliphatic rings. The third-order valence-corrected chi connectivity index (χ3v) is 4.31. The van der Waals surface area contributed by atoms with Crippen LogP contribution in [0.1, 0.15) is 24.8 Å². The van der Waals surface area contributed by atoms with Crippen molar-refractivity contribution in [2.75, 3.05) is 0 Å². The fourth-order valence-electron chi connectivity index (χ4n) is 3.69. The lowest BCUT2D eigenvalue weighted by atomic mass is 9.57. The number of fused-ring (bicyclic) bond motifs is 1. The number of amides is 1. The molecule has 1 amide bonds. The fraction of sp³-hybridized carbons (Fsp3) is 0.462. The Labute approximate surface area is 89.5 Å². The standard InChI is InChI=1S/C13H15NO/c14-12(15)11-9-6-7-13(11,8-9)10-4-2-1-3-5-10/h1-5,9,11H,6-8H2,(H2,14,15). The molecule has 2 nitrogen and oxygen atoms in total. The highest BCUT2D eigenvalue weighted by molar-refractivity contribution is 5.81. The summed E-state index contributed by atoms with van der Waals surface area (Å²) in [6.07, 6.45) is 3.46. The summed E-state index contributed by atoms with van der Waals surface area (Å²) >= 11 is 0. The highest BCUT2D eigenvalue weighted by Crippen LogP contribution is 2.63. The first-order valence-electron chi connectivity index (χ1n) is 5.59. The molecule has 1 aromatic rings. The normalized spacial score (nSPS) is 37.3. The Hall–Kier alpha value is -1.31. The van der Waals surface area contributed by atoms with Gasteiger partial charge in [0.1, 0.15) is 0 Å². The van der Waals surface area contributed by atoms with Crippen LogP contribution in [-0.4, -0.2) is 5.91 Å². The van der Waals surface area contributed by atoms with Crippen LogP contribution in [0.4, 0.5) is 0 Å². The van der Waals surface area contributed by atoms with Crippen LogP contribution in [0, 0.1) is 11.8 Å². The van der Waals surface area contributed by atoms with Gasteiger partial charge in [-0.2, -0.15) is 0 Å². The zero-order valence-electron chi connectivity index (χ0n) is 8.65. The van der Waals surface area contributed by atoms with Gasteiger partial charge < -0.3 is 5.73 Å². The van der Waals surface area contributed by atoms with E-state index in [1.165, 1.54) is 12.0 Å². The minimum atomic E-state index is -0.104. The molecule has 0 spiro atoms. The number of carbonyl (C=O) groups excluding carboxylic acids is 1. The van der Waals surface area contributed by atoms with Gasteiger partial charge in [0, 0.05) is 5.41 Å². The van der Waals surface area contributed by atoms with Crippen LogP contribution in [-0.2, 0) is 10.2 Å². The van der Waals surface area contributed by atoms with Crippen molar-refractivity contribution in [2.24, 2.45) is 17.6 Å². The Balaban J connectivity index is 2.02. The zero-order chi connectivity index (χ0) is 10.5. The van der Waals surface area contributed by atoms with Crippen molar-refractivity contribution < 1.29 is 4.79 Å². The summed E-state index contributed by atoms with van der Waals surface area (Å²) in [6, 6.07) is 10.4. The maximum Gasteiger partial charge on any atom is 0.221 e. The molecule has 4 rings (SSSR count). The molecule has 15 heavy (non-hydrogen) atoms. The lowest BCUT2D eigenvalue weighted by Gasteiger charge is -2.46. The third kappa shape index (κ3) is 1.02. The SMILES string of the molecule is NC(=O)C1C2CCC1(c1ccccc1)C2. The second-order valence-electron chi connectivity index (χ2n) is 4.91. The van der Waals surface area contributed by atoms with Crippen LogP contribution in [0.2, 0.25) is 0 Å². The fourth-order valence-corrected chi connectivity index (χ4v) is 3.69. The molecule has 1 aromatic carbocycles. The summed E-state index contributed by atoms with van der Waals surface area (Å²) in [5.41, 5.74) is 6.91. The second-order valence-corrected chi connectivity index (χ2v) is 4.91. The van der Waals surface area contributed by atoms with E-state index in [9.17, 15) is 4.79 Å². The summed E-state index contributed by atoms with van der Waals surface area (Å²) in [5.74, 6) is 0.551. The van der Waals surface area contributed by atoms with Crippen molar-refractivity contribution in [3.63, 3.8) is 0 Å². The maximum absolute atomic E-state index is 11.4. The Kier molecular flexibility index (Phi) is 1.70. The van der Waals surface area contributed by atoms with Gasteiger partial charge in [-0.3, -0.25) is 4.79 Å². The number of hydrogen-bond acceptors (Lipinski definition) is 1. The van der Waals surface area contributed by atoms with E-state index in [0.717, 1.165) is 12.8 Å². The van der Waals surface area contributed by atoms with Gasteiger partial charge in [-0.1, -0.05) is 30.3 Å². The molecule has 0 heterocycles. The molecule has 0 saturated heterocycles. The highest BCUT2D eigenvalue weighted by atomic mass is 16.1. The van der Waals surface area contributed by atoms with Crippen molar-refractivity contribution in [1.29, 1.82) is 0 Å². The van der Waals surface area contributed by atoms with E-state index in [2.05, 4.69) is 12.1 Å². The molecule has 3 aliphatic carbocycles. The van der Waals surface area contributed by atoms with Gasteiger partial charge in [0.15, 0.2) is 0 Å². The van der Waals surface area contributed by atoms with Gasteiger partial charge in [-0.05, 0) is 30.7 Å². The lowest BCUT2D eigenvalue weighted by molar-refractivity contribution is -0.129. The van der Waals surface area contributed by atoms with Crippen LogP contribution >= 0.6 is 0 Å². The predicted molar refractivity (Wildman–Crippen MR) is 58.1 cm³/mol. The van der Waals surface area contributed by atoms with Crippen LogP contribution in [0.3, 0.4) is 0 Å². The van der Waals surface area contributed by atoms with Crippen molar-refractivity contribution in [3.8, 4) is 0 Å². The summed E-state index contributed by atoms with van der Waals surface area (Å²) in [7, 11) is 0. The van der Waals surface area contributed by atoms with Crippen molar-refractivity contribution >= 4 is 5.91 Å². The molecule has 2 heteroatoms. The minimum absolute atomic E-state index is 0.0950. The van der Waals surface area contributed by atoms with Gasteiger partial charge >= 0.3 is 0 Å². The quantitative estimate of drug-likeness (QED) is 0.779. The molecular weight excluding hydrogens is 186 g/mol. The molecule has 3 unspecified atom stereocenters. The molecule has 3 atom stereocenters. The number of benzene rings is 1. The Bertz CT molecular complexity index is 396. The van der Waals surface area contributed by atoms with Gasteiger partial charge in [0.2, 0.25) is 5.91 Å². The van der Waals surface area contributed by atoms with E-state index in [1.54, 1.807) is 0 Å². The highest BCUT2D eigenvalue weighted by Gasteiger charge is 2.61. The van der Waals surface area contributed by atoms with Crippen LogP contribution in [0.15, 0.2) is 30.3 Å². The largest absolute Gasteiger partial charge is 0.369 e. The monoisotopic (exact) mass is 201 g/mol. The number of nitrogens with two attached hydrogens (primary N) is 1. The Morgan fingerprint density at radius 3 is 2.67 bits per heavy atom. The average molecular weight is 201 g/mol. The first-order valence-corrected chi connectivity index (χ1v) is 5.59. The van der Waals surface area contributed by atoms with E-state index < -0.39 is 0 Å². The molecule has 3 saturated carbocycles. The number of rotatable bonds is 2. The summed E-state index contributed by atoms with van der Waals surface area (Å²) in [6.45, 7) is 0. The first-order chi connectivity index (χ1) is 7.24. The average Bonchev–Trinajstić information content (AvgIpc) is 2.76. The second kappa shape index (κ2) is 2.84. The van der Waals surface area contributed by atoms with E-state index in [-0.39, 0.29) is 17.2 Å². The zero-order valence-corrected chi connectivity index (χ0v) is 8.65. The number of hydrogen-bond donors (Lipinski definition) is 1. The topological polar surface area (TPSA) is 43.1 Å².